The molecule has 2 atom stereocenters. The topological polar surface area (TPSA) is 77.2 Å². The molecule has 2 aliphatic rings. The Hall–Kier alpha value is -1.21. The van der Waals surface area contributed by atoms with Crippen molar-refractivity contribution >= 4 is 25.5 Å². The standard InChI is InChI=1S/C11H11ClN4O2S/c1-5-8-6-3-2-4-7(6)9(8)16-10(13-5)14-11(15-16)19(12,17)18/h6-7H,2-4H2,1H3. The summed E-state index contributed by atoms with van der Waals surface area (Å²) in [7, 11) is 1.38. The number of nitrogens with zero attached hydrogens (tertiary/aromatic N) is 4. The van der Waals surface area contributed by atoms with Gasteiger partial charge in [0.25, 0.3) is 20.0 Å². The van der Waals surface area contributed by atoms with E-state index in [1.807, 2.05) is 6.92 Å². The van der Waals surface area contributed by atoms with Gasteiger partial charge in [0.05, 0.1) is 5.69 Å². The van der Waals surface area contributed by atoms with Crippen molar-refractivity contribution in [3.05, 3.63) is 17.0 Å². The molecule has 4 rings (SSSR count). The number of aromatic nitrogens is 4. The highest BCUT2D eigenvalue weighted by Crippen LogP contribution is 2.56. The molecule has 0 amide bonds. The molecular formula is C11H11ClN4O2S. The average Bonchev–Trinajstić information content (AvgIpc) is 2.85. The number of halogens is 1. The molecule has 0 bridgehead atoms. The zero-order valence-corrected chi connectivity index (χ0v) is 11.7. The fraction of sp³-hybridized carbons (Fsp3) is 0.545. The summed E-state index contributed by atoms with van der Waals surface area (Å²) in [6.07, 6.45) is 3.50. The molecule has 0 aromatic carbocycles. The summed E-state index contributed by atoms with van der Waals surface area (Å²) in [4.78, 5) is 8.26. The van der Waals surface area contributed by atoms with Crippen molar-refractivity contribution in [3.8, 4) is 0 Å². The quantitative estimate of drug-likeness (QED) is 0.749. The number of fused-ring (bicyclic) bond motifs is 6. The monoisotopic (exact) mass is 298 g/mol. The molecule has 0 N–H and O–H groups in total. The van der Waals surface area contributed by atoms with Crippen molar-refractivity contribution in [1.82, 2.24) is 19.6 Å². The normalized spacial score (nSPS) is 25.2. The van der Waals surface area contributed by atoms with E-state index in [-0.39, 0.29) is 5.16 Å². The minimum Gasteiger partial charge on any atom is -0.216 e. The predicted octanol–water partition coefficient (Wildman–Crippen LogP) is 1.72. The molecule has 2 heterocycles. The molecule has 2 aliphatic carbocycles. The minimum absolute atomic E-state index is 0.320. The van der Waals surface area contributed by atoms with Crippen molar-refractivity contribution in [1.29, 1.82) is 0 Å². The average molecular weight is 299 g/mol. The molecule has 0 radical (unpaired) electrons. The van der Waals surface area contributed by atoms with E-state index in [1.54, 1.807) is 4.52 Å². The summed E-state index contributed by atoms with van der Waals surface area (Å²) < 4.78 is 24.2. The number of hydrogen-bond acceptors (Lipinski definition) is 5. The van der Waals surface area contributed by atoms with E-state index >= 15 is 0 Å². The summed E-state index contributed by atoms with van der Waals surface area (Å²) in [6.45, 7) is 1.94. The van der Waals surface area contributed by atoms with Crippen LogP contribution in [-0.2, 0) is 9.05 Å². The Labute approximate surface area is 114 Å². The van der Waals surface area contributed by atoms with E-state index in [4.69, 9.17) is 10.7 Å². The van der Waals surface area contributed by atoms with Crippen LogP contribution in [0, 0.1) is 6.92 Å². The third-order valence-corrected chi connectivity index (χ3v) is 5.21. The third-order valence-electron chi connectivity index (χ3n) is 4.19. The van der Waals surface area contributed by atoms with Crippen molar-refractivity contribution < 1.29 is 8.42 Å². The largest absolute Gasteiger partial charge is 0.298 e. The lowest BCUT2D eigenvalue weighted by molar-refractivity contribution is 0.491. The number of hydrogen-bond donors (Lipinski definition) is 0. The maximum atomic E-state index is 11.3. The Kier molecular flexibility index (Phi) is 2.11. The van der Waals surface area contributed by atoms with Crippen LogP contribution < -0.4 is 0 Å². The van der Waals surface area contributed by atoms with Gasteiger partial charge in [-0.15, -0.1) is 5.10 Å². The molecule has 2 aromatic heterocycles. The van der Waals surface area contributed by atoms with E-state index in [1.165, 1.54) is 18.4 Å². The highest BCUT2D eigenvalue weighted by atomic mass is 35.7. The molecule has 8 heteroatoms. The van der Waals surface area contributed by atoms with Gasteiger partial charge >= 0.3 is 0 Å². The first-order chi connectivity index (χ1) is 8.97. The van der Waals surface area contributed by atoms with Gasteiger partial charge < -0.3 is 0 Å². The maximum absolute atomic E-state index is 11.3. The summed E-state index contributed by atoms with van der Waals surface area (Å²) in [5.74, 6) is 1.35. The molecule has 0 spiro atoms. The Morgan fingerprint density at radius 1 is 1.26 bits per heavy atom. The van der Waals surface area contributed by atoms with E-state index in [9.17, 15) is 8.42 Å². The van der Waals surface area contributed by atoms with Gasteiger partial charge in [0.15, 0.2) is 0 Å². The van der Waals surface area contributed by atoms with Gasteiger partial charge in [-0.05, 0) is 31.2 Å². The fourth-order valence-electron chi connectivity index (χ4n) is 3.48. The Bertz CT molecular complexity index is 814. The maximum Gasteiger partial charge on any atom is 0.298 e. The summed E-state index contributed by atoms with van der Waals surface area (Å²) in [6, 6.07) is 0. The van der Waals surface area contributed by atoms with Gasteiger partial charge in [0, 0.05) is 22.3 Å². The molecule has 2 aromatic rings. The van der Waals surface area contributed by atoms with Crippen LogP contribution >= 0.6 is 10.7 Å². The second-order valence-electron chi connectivity index (χ2n) is 5.18. The second kappa shape index (κ2) is 3.46. The van der Waals surface area contributed by atoms with Gasteiger partial charge in [-0.3, -0.25) is 0 Å². The van der Waals surface area contributed by atoms with Gasteiger partial charge in [0.2, 0.25) is 0 Å². The van der Waals surface area contributed by atoms with Gasteiger partial charge in [0.1, 0.15) is 0 Å². The molecule has 0 saturated heterocycles. The molecule has 0 aliphatic heterocycles. The van der Waals surface area contributed by atoms with Crippen LogP contribution in [0.5, 0.6) is 0 Å². The molecule has 2 unspecified atom stereocenters. The summed E-state index contributed by atoms with van der Waals surface area (Å²) >= 11 is 0. The number of aryl methyl sites for hydroxylation is 1. The summed E-state index contributed by atoms with van der Waals surface area (Å²) in [5, 5.41) is 3.66. The lowest BCUT2D eigenvalue weighted by Gasteiger charge is -2.35. The molecule has 6 nitrogen and oxygen atoms in total. The highest BCUT2D eigenvalue weighted by molar-refractivity contribution is 8.13. The lowest BCUT2D eigenvalue weighted by Crippen LogP contribution is -2.26. The molecular weight excluding hydrogens is 288 g/mol. The van der Waals surface area contributed by atoms with Crippen LogP contribution in [0.3, 0.4) is 0 Å². The lowest BCUT2D eigenvalue weighted by atomic mass is 9.72. The van der Waals surface area contributed by atoms with E-state index in [0.717, 1.165) is 17.8 Å². The highest BCUT2D eigenvalue weighted by Gasteiger charge is 2.45. The zero-order valence-electron chi connectivity index (χ0n) is 10.2. The first-order valence-electron chi connectivity index (χ1n) is 6.18. The minimum atomic E-state index is -3.92. The zero-order chi connectivity index (χ0) is 13.4. The van der Waals surface area contributed by atoms with Crippen LogP contribution in [0.15, 0.2) is 5.16 Å². The smallest absolute Gasteiger partial charge is 0.216 e. The van der Waals surface area contributed by atoms with Gasteiger partial charge in [-0.2, -0.15) is 9.50 Å². The van der Waals surface area contributed by atoms with Crippen molar-refractivity contribution in [2.45, 2.75) is 43.2 Å². The Balaban J connectivity index is 2.04. The van der Waals surface area contributed by atoms with Crippen LogP contribution in [0.2, 0.25) is 0 Å². The SMILES string of the molecule is Cc1nc2nc(S(=O)(=O)Cl)nn2c2c1C1CCCC21. The number of rotatable bonds is 1. The second-order valence-corrected chi connectivity index (χ2v) is 7.64. The van der Waals surface area contributed by atoms with Gasteiger partial charge in [-0.25, -0.2) is 13.4 Å². The van der Waals surface area contributed by atoms with Crippen molar-refractivity contribution in [2.24, 2.45) is 0 Å². The third kappa shape index (κ3) is 1.42. The van der Waals surface area contributed by atoms with Crippen molar-refractivity contribution in [2.75, 3.05) is 0 Å². The van der Waals surface area contributed by atoms with Crippen molar-refractivity contribution in [3.63, 3.8) is 0 Å². The summed E-state index contributed by atoms with van der Waals surface area (Å²) in [5.41, 5.74) is 3.22. The van der Waals surface area contributed by atoms with Gasteiger partial charge in [-0.1, -0.05) is 6.42 Å². The van der Waals surface area contributed by atoms with Crippen LogP contribution in [-0.4, -0.2) is 28.0 Å². The first-order valence-corrected chi connectivity index (χ1v) is 8.49. The predicted molar refractivity (Wildman–Crippen MR) is 67.9 cm³/mol. The van der Waals surface area contributed by atoms with E-state index < -0.39 is 9.05 Å². The van der Waals surface area contributed by atoms with E-state index in [2.05, 4.69) is 15.1 Å². The molecule has 1 fully saturated rings. The first kappa shape index (κ1) is 11.6. The van der Waals surface area contributed by atoms with Crippen LogP contribution in [0.25, 0.3) is 5.78 Å². The van der Waals surface area contributed by atoms with Crippen LogP contribution in [0.1, 0.15) is 48.0 Å². The molecule has 1 saturated carbocycles. The Morgan fingerprint density at radius 2 is 2.00 bits per heavy atom. The molecule has 100 valence electrons. The molecule has 19 heavy (non-hydrogen) atoms. The fourth-order valence-corrected chi connectivity index (χ4v) is 4.05. The Morgan fingerprint density at radius 3 is 2.74 bits per heavy atom. The van der Waals surface area contributed by atoms with E-state index in [0.29, 0.717) is 17.6 Å². The van der Waals surface area contributed by atoms with Crippen LogP contribution in [0.4, 0.5) is 0 Å².